The molecule has 0 fully saturated rings. The van der Waals surface area contributed by atoms with E-state index in [1.165, 1.54) is 36.8 Å². The van der Waals surface area contributed by atoms with Gasteiger partial charge in [0.2, 0.25) is 0 Å². The first-order valence-corrected chi connectivity index (χ1v) is 15.5. The molecular weight excluding hydrogens is 520 g/mol. The van der Waals surface area contributed by atoms with Gasteiger partial charge >= 0.3 is 0 Å². The minimum atomic E-state index is 0.765. The Morgan fingerprint density at radius 3 is 1.38 bits per heavy atom. The molecule has 222 valence electrons. The van der Waals surface area contributed by atoms with Crippen molar-refractivity contribution >= 4 is 22.8 Å². The number of hydrogen-bond acceptors (Lipinski definition) is 6. The quantitative estimate of drug-likeness (QED) is 0.171. The van der Waals surface area contributed by atoms with Gasteiger partial charge < -0.3 is 19.3 Å². The van der Waals surface area contributed by atoms with Crippen molar-refractivity contribution in [3.8, 4) is 11.5 Å². The topological polar surface area (TPSA) is 49.7 Å². The van der Waals surface area contributed by atoms with E-state index in [4.69, 9.17) is 19.5 Å². The van der Waals surface area contributed by atoms with Crippen LogP contribution in [0.1, 0.15) is 60.8 Å². The summed E-state index contributed by atoms with van der Waals surface area (Å²) in [5.74, 6) is 1.89. The van der Waals surface area contributed by atoms with Crippen LogP contribution in [-0.4, -0.2) is 75.7 Å². The van der Waals surface area contributed by atoms with Crippen LogP contribution in [0.3, 0.4) is 0 Å². The van der Waals surface area contributed by atoms with E-state index in [1.807, 2.05) is 12.1 Å². The molecule has 5 rings (SSSR count). The van der Waals surface area contributed by atoms with Crippen LogP contribution >= 0.6 is 0 Å². The van der Waals surface area contributed by atoms with E-state index in [1.54, 1.807) is 0 Å². The molecule has 6 heteroatoms. The number of aliphatic imine (C=N–C) groups is 2. The average molecular weight is 567 g/mol. The normalized spacial score (nSPS) is 13.8. The van der Waals surface area contributed by atoms with Gasteiger partial charge in [-0.05, 0) is 138 Å². The van der Waals surface area contributed by atoms with E-state index in [9.17, 15) is 0 Å². The number of nitrogens with zero attached hydrogens (tertiary/aromatic N) is 4. The second kappa shape index (κ2) is 14.6. The fourth-order valence-corrected chi connectivity index (χ4v) is 5.52. The first kappa shape index (κ1) is 30.0. The van der Waals surface area contributed by atoms with Crippen LogP contribution in [0.2, 0.25) is 0 Å². The zero-order valence-corrected chi connectivity index (χ0v) is 25.9. The van der Waals surface area contributed by atoms with Crippen molar-refractivity contribution in [1.29, 1.82) is 0 Å². The molecule has 3 aromatic carbocycles. The van der Waals surface area contributed by atoms with Crippen molar-refractivity contribution in [2.75, 3.05) is 54.5 Å². The van der Waals surface area contributed by atoms with Crippen molar-refractivity contribution in [2.45, 2.75) is 51.4 Å². The molecule has 0 atom stereocenters. The molecule has 0 saturated heterocycles. The Bertz CT molecular complexity index is 1290. The summed E-state index contributed by atoms with van der Waals surface area (Å²) >= 11 is 0. The summed E-state index contributed by atoms with van der Waals surface area (Å²) in [6.07, 6.45) is 8.65. The number of ether oxygens (including phenoxy) is 2. The molecule has 6 nitrogen and oxygen atoms in total. The van der Waals surface area contributed by atoms with Crippen LogP contribution in [0.4, 0.5) is 11.4 Å². The maximum absolute atomic E-state index is 6.04. The summed E-state index contributed by atoms with van der Waals surface area (Å²) in [5, 5.41) is 0. The maximum Gasteiger partial charge on any atom is 0.119 e. The van der Waals surface area contributed by atoms with Crippen LogP contribution in [0.15, 0.2) is 70.6 Å². The molecule has 3 aromatic rings. The number of hydrogen-bond donors (Lipinski definition) is 0. The molecule has 42 heavy (non-hydrogen) atoms. The molecule has 2 aliphatic heterocycles. The molecular formula is C36H46N4O2. The monoisotopic (exact) mass is 566 g/mol. The molecule has 2 heterocycles. The highest BCUT2D eigenvalue weighted by Gasteiger charge is 2.19. The second-order valence-corrected chi connectivity index (χ2v) is 12.1. The maximum atomic E-state index is 6.04. The highest BCUT2D eigenvalue weighted by molar-refractivity contribution is 6.09. The smallest absolute Gasteiger partial charge is 0.119 e. The first-order chi connectivity index (χ1) is 20.4. The van der Waals surface area contributed by atoms with Crippen LogP contribution in [0.5, 0.6) is 11.5 Å². The van der Waals surface area contributed by atoms with Crippen LogP contribution in [0.25, 0.3) is 0 Å². The Morgan fingerprint density at radius 2 is 0.976 bits per heavy atom. The van der Waals surface area contributed by atoms with Crippen molar-refractivity contribution in [1.82, 2.24) is 9.80 Å². The van der Waals surface area contributed by atoms with Gasteiger partial charge in [-0.3, -0.25) is 9.98 Å². The van der Waals surface area contributed by atoms with E-state index in [0.29, 0.717) is 0 Å². The number of unbranched alkanes of at least 4 members (excludes halogenated alkanes) is 4. The molecule has 0 unspecified atom stereocenters. The Morgan fingerprint density at radius 1 is 0.548 bits per heavy atom. The van der Waals surface area contributed by atoms with Crippen molar-refractivity contribution in [3.05, 3.63) is 82.9 Å². The molecule has 0 amide bonds. The molecule has 0 aliphatic carbocycles. The van der Waals surface area contributed by atoms with Crippen molar-refractivity contribution in [3.63, 3.8) is 0 Å². The SMILES string of the molecule is CN(C)CCCCCOc1ccc2c(c1)CC(c1ccc(C3=Nc4ccc(OCCCCCN(C)C)cc4C3)cc1)=N2. The molecule has 2 aliphatic rings. The van der Waals surface area contributed by atoms with Gasteiger partial charge in [-0.2, -0.15) is 0 Å². The lowest BCUT2D eigenvalue weighted by molar-refractivity contribution is 0.299. The van der Waals surface area contributed by atoms with E-state index in [-0.39, 0.29) is 0 Å². The standard InChI is InChI=1S/C36H46N4O2/c1-39(2)19-7-5-9-21-41-31-15-17-33-29(23-31)25-35(37-33)27-11-13-28(14-12-27)36-26-30-24-32(16-18-34(30)38-36)42-22-10-6-8-20-40(3)4/h11-18,23-24H,5-10,19-22,25-26H2,1-4H3. The highest BCUT2D eigenvalue weighted by Crippen LogP contribution is 2.34. The Labute approximate surface area is 252 Å². The predicted octanol–water partition coefficient (Wildman–Crippen LogP) is 7.26. The third-order valence-electron chi connectivity index (χ3n) is 7.92. The Balaban J connectivity index is 1.09. The average Bonchev–Trinajstić information content (AvgIpc) is 3.60. The third-order valence-corrected chi connectivity index (χ3v) is 7.92. The molecule has 0 spiro atoms. The van der Waals surface area contributed by atoms with Crippen molar-refractivity contribution in [2.24, 2.45) is 9.98 Å². The van der Waals surface area contributed by atoms with E-state index in [2.05, 4.69) is 86.5 Å². The first-order valence-electron chi connectivity index (χ1n) is 15.5. The van der Waals surface area contributed by atoms with E-state index >= 15 is 0 Å². The molecule has 0 saturated carbocycles. The lowest BCUT2D eigenvalue weighted by Crippen LogP contribution is -2.13. The highest BCUT2D eigenvalue weighted by atomic mass is 16.5. The predicted molar refractivity (Wildman–Crippen MR) is 175 cm³/mol. The number of benzene rings is 3. The minimum Gasteiger partial charge on any atom is -0.494 e. The summed E-state index contributed by atoms with van der Waals surface area (Å²) in [6.45, 7) is 3.80. The fourth-order valence-electron chi connectivity index (χ4n) is 5.52. The van der Waals surface area contributed by atoms with Gasteiger partial charge in [-0.15, -0.1) is 0 Å². The summed E-state index contributed by atoms with van der Waals surface area (Å²) in [4.78, 5) is 14.3. The Kier molecular flexibility index (Phi) is 10.4. The third kappa shape index (κ3) is 8.30. The summed E-state index contributed by atoms with van der Waals surface area (Å²) in [6, 6.07) is 21.3. The minimum absolute atomic E-state index is 0.765. The van der Waals surface area contributed by atoms with Gasteiger partial charge in [0.1, 0.15) is 11.5 Å². The summed E-state index contributed by atoms with van der Waals surface area (Å²) in [5.41, 5.74) is 9.12. The zero-order valence-electron chi connectivity index (χ0n) is 25.9. The molecule has 0 radical (unpaired) electrons. The van der Waals surface area contributed by atoms with Gasteiger partial charge in [-0.1, -0.05) is 24.3 Å². The van der Waals surface area contributed by atoms with Crippen molar-refractivity contribution < 1.29 is 9.47 Å². The second-order valence-electron chi connectivity index (χ2n) is 12.1. The lowest BCUT2D eigenvalue weighted by atomic mass is 9.99. The van der Waals surface area contributed by atoms with Crippen LogP contribution in [0, 0.1) is 0 Å². The van der Waals surface area contributed by atoms with Gasteiger partial charge in [0.05, 0.1) is 36.0 Å². The van der Waals surface area contributed by atoms with Crippen LogP contribution < -0.4 is 9.47 Å². The molecule has 0 aromatic heterocycles. The summed E-state index contributed by atoms with van der Waals surface area (Å²) < 4.78 is 12.1. The van der Waals surface area contributed by atoms with E-state index in [0.717, 1.165) is 97.4 Å². The van der Waals surface area contributed by atoms with E-state index < -0.39 is 0 Å². The molecule has 0 N–H and O–H groups in total. The summed E-state index contributed by atoms with van der Waals surface area (Å²) in [7, 11) is 8.49. The Hall–Kier alpha value is -3.48. The zero-order chi connectivity index (χ0) is 29.3. The molecule has 0 bridgehead atoms. The number of rotatable bonds is 16. The van der Waals surface area contributed by atoms with Gasteiger partial charge in [0.25, 0.3) is 0 Å². The number of fused-ring (bicyclic) bond motifs is 2. The van der Waals surface area contributed by atoms with Gasteiger partial charge in [0.15, 0.2) is 0 Å². The van der Waals surface area contributed by atoms with Gasteiger partial charge in [-0.25, -0.2) is 0 Å². The van der Waals surface area contributed by atoms with Crippen LogP contribution in [-0.2, 0) is 12.8 Å². The van der Waals surface area contributed by atoms with Gasteiger partial charge in [0, 0.05) is 12.8 Å². The fraction of sp³-hybridized carbons (Fsp3) is 0.444. The largest absolute Gasteiger partial charge is 0.494 e. The lowest BCUT2D eigenvalue weighted by Gasteiger charge is -2.10.